The van der Waals surface area contributed by atoms with Crippen molar-refractivity contribution in [3.63, 3.8) is 0 Å². The van der Waals surface area contributed by atoms with Gasteiger partial charge >= 0.3 is 0 Å². The van der Waals surface area contributed by atoms with Crippen molar-refractivity contribution in [2.24, 2.45) is 0 Å². The summed E-state index contributed by atoms with van der Waals surface area (Å²) in [7, 11) is 0. The second-order valence-electron chi connectivity index (χ2n) is 1.62. The third-order valence-corrected chi connectivity index (χ3v) is 1.34. The van der Waals surface area contributed by atoms with Crippen LogP contribution in [0, 0.1) is 0 Å². The molecule has 0 spiro atoms. The molecule has 0 aromatic rings. The topological polar surface area (TPSA) is 3.24 Å². The van der Waals surface area contributed by atoms with Crippen LogP contribution in [0.3, 0.4) is 0 Å². The fourth-order valence-corrected chi connectivity index (χ4v) is 0.671. The minimum Gasteiger partial charge on any atom is -0.304 e. The van der Waals surface area contributed by atoms with Crippen molar-refractivity contribution in [1.29, 1.82) is 0 Å². The second-order valence-corrected chi connectivity index (χ2v) is 1.62. The fraction of sp³-hybridized carbons (Fsp3) is 0.750. The fourth-order valence-electron chi connectivity index (χ4n) is 0.671. The van der Waals surface area contributed by atoms with Gasteiger partial charge in [-0.05, 0) is 19.6 Å². The van der Waals surface area contributed by atoms with E-state index in [0.717, 1.165) is 0 Å². The predicted molar refractivity (Wildman–Crippen MR) is 55.0 cm³/mol. The van der Waals surface area contributed by atoms with Crippen LogP contribution in [-0.4, -0.2) is 24.5 Å². The summed E-state index contributed by atoms with van der Waals surface area (Å²) in [5, 5.41) is 0. The summed E-state index contributed by atoms with van der Waals surface area (Å²) in [6.07, 6.45) is 0. The van der Waals surface area contributed by atoms with E-state index in [9.17, 15) is 0 Å². The van der Waals surface area contributed by atoms with Crippen LogP contribution < -0.4 is 0 Å². The van der Waals surface area contributed by atoms with Gasteiger partial charge in [0.15, 0.2) is 0 Å². The lowest BCUT2D eigenvalue weighted by atomic mass is 10.5. The normalized spacial score (nSPS) is 7.60. The molecule has 0 unspecified atom stereocenters. The monoisotopic (exact) mass is 209 g/mol. The maximum atomic E-state index is 3.00. The predicted octanol–water partition coefficient (Wildman–Crippen LogP) is 2.73. The summed E-state index contributed by atoms with van der Waals surface area (Å²) in [5.74, 6) is 0. The molecule has 0 aliphatic carbocycles. The first-order valence-corrected chi connectivity index (χ1v) is 3.57. The molecule has 0 heterocycles. The van der Waals surface area contributed by atoms with Crippen molar-refractivity contribution in [1.82, 2.24) is 4.90 Å². The maximum absolute atomic E-state index is 3.00. The van der Waals surface area contributed by atoms with Gasteiger partial charge in [-0.15, -0.1) is 30.1 Å². The van der Waals surface area contributed by atoms with Gasteiger partial charge in [0, 0.05) is 0 Å². The van der Waals surface area contributed by atoms with Crippen molar-refractivity contribution < 1.29 is 0 Å². The van der Waals surface area contributed by atoms with Crippen LogP contribution >= 0.6 is 17.0 Å². The van der Waals surface area contributed by atoms with Crippen molar-refractivity contribution in [3.05, 3.63) is 13.2 Å². The van der Waals surface area contributed by atoms with Crippen LogP contribution in [0.25, 0.3) is 0 Å². The molecule has 0 bridgehead atoms. The van der Waals surface area contributed by atoms with Crippen LogP contribution in [0.4, 0.5) is 0 Å². The van der Waals surface area contributed by atoms with E-state index in [1.807, 2.05) is 0 Å². The standard InChI is InChI=1S/C6H15N.C2H4.BrH/c1-4-7(5-2)6-3;1-2;/h4-6H2,1-3H3;1-2H2;1H. The molecule has 0 fully saturated rings. The summed E-state index contributed by atoms with van der Waals surface area (Å²) in [6.45, 7) is 16.1. The number of halogens is 1. The Bertz CT molecular complexity index is 39.0. The highest BCUT2D eigenvalue weighted by atomic mass is 79.9. The van der Waals surface area contributed by atoms with E-state index in [2.05, 4.69) is 38.8 Å². The molecule has 0 saturated carbocycles. The Kier molecular flexibility index (Phi) is 26.8. The molecule has 0 atom stereocenters. The van der Waals surface area contributed by atoms with Gasteiger partial charge < -0.3 is 4.90 Å². The molecule has 0 amide bonds. The van der Waals surface area contributed by atoms with Gasteiger partial charge in [-0.1, -0.05) is 20.8 Å². The summed E-state index contributed by atoms with van der Waals surface area (Å²) in [5.41, 5.74) is 0. The summed E-state index contributed by atoms with van der Waals surface area (Å²) in [4.78, 5) is 2.38. The quantitative estimate of drug-likeness (QED) is 0.647. The number of hydrogen-bond acceptors (Lipinski definition) is 1. The van der Waals surface area contributed by atoms with E-state index in [4.69, 9.17) is 0 Å². The number of hydrogen-bond donors (Lipinski definition) is 0. The molecule has 0 aromatic carbocycles. The molecule has 0 aromatic heterocycles. The minimum atomic E-state index is 0. The first-order chi connectivity index (χ1) is 4.35. The van der Waals surface area contributed by atoms with Crippen LogP contribution in [0.5, 0.6) is 0 Å². The average Bonchev–Trinajstić information content (AvgIpc) is 1.96. The van der Waals surface area contributed by atoms with Gasteiger partial charge in [0.05, 0.1) is 0 Å². The minimum absolute atomic E-state index is 0. The van der Waals surface area contributed by atoms with E-state index in [1.165, 1.54) is 19.6 Å². The van der Waals surface area contributed by atoms with Crippen LogP contribution in [0.15, 0.2) is 13.2 Å². The summed E-state index contributed by atoms with van der Waals surface area (Å²) in [6, 6.07) is 0. The van der Waals surface area contributed by atoms with Gasteiger partial charge in [-0.25, -0.2) is 0 Å². The zero-order chi connectivity index (χ0) is 7.70. The lowest BCUT2D eigenvalue weighted by Crippen LogP contribution is -2.21. The summed E-state index contributed by atoms with van der Waals surface area (Å²) < 4.78 is 0. The van der Waals surface area contributed by atoms with Crippen LogP contribution in [-0.2, 0) is 0 Å². The molecule has 2 heteroatoms. The Hall–Kier alpha value is 0.180. The third kappa shape index (κ3) is 11.0. The van der Waals surface area contributed by atoms with Gasteiger partial charge in [0.1, 0.15) is 0 Å². The molecule has 0 radical (unpaired) electrons. The Morgan fingerprint density at radius 2 is 1.10 bits per heavy atom. The molecule has 0 rings (SSSR count). The highest BCUT2D eigenvalue weighted by molar-refractivity contribution is 8.93. The van der Waals surface area contributed by atoms with Crippen molar-refractivity contribution in [2.75, 3.05) is 19.6 Å². The smallest absolute Gasteiger partial charge is 0.00474 e. The van der Waals surface area contributed by atoms with Crippen LogP contribution in [0.2, 0.25) is 0 Å². The average molecular weight is 210 g/mol. The van der Waals surface area contributed by atoms with Gasteiger partial charge in [0.2, 0.25) is 0 Å². The molecule has 10 heavy (non-hydrogen) atoms. The number of nitrogens with zero attached hydrogens (tertiary/aromatic N) is 1. The summed E-state index contributed by atoms with van der Waals surface area (Å²) >= 11 is 0. The van der Waals surface area contributed by atoms with Crippen molar-refractivity contribution >= 4 is 17.0 Å². The van der Waals surface area contributed by atoms with Gasteiger partial charge in [-0.3, -0.25) is 0 Å². The highest BCUT2D eigenvalue weighted by Crippen LogP contribution is 1.81. The van der Waals surface area contributed by atoms with Gasteiger partial charge in [-0.2, -0.15) is 0 Å². The Balaban J connectivity index is -0.000000149. The number of rotatable bonds is 3. The zero-order valence-electron chi connectivity index (χ0n) is 7.39. The SMILES string of the molecule is Br.C=C.CCN(CC)CC. The second kappa shape index (κ2) is 16.1. The van der Waals surface area contributed by atoms with E-state index >= 15 is 0 Å². The molecule has 0 aliphatic rings. The van der Waals surface area contributed by atoms with Crippen LogP contribution in [0.1, 0.15) is 20.8 Å². The molecular weight excluding hydrogens is 190 g/mol. The maximum Gasteiger partial charge on any atom is -0.00474 e. The first kappa shape index (κ1) is 16.6. The Morgan fingerprint density at radius 3 is 1.10 bits per heavy atom. The molecule has 0 N–H and O–H groups in total. The lowest BCUT2D eigenvalue weighted by Gasteiger charge is -2.13. The molecule has 1 nitrogen and oxygen atoms in total. The Morgan fingerprint density at radius 1 is 0.900 bits per heavy atom. The highest BCUT2D eigenvalue weighted by Gasteiger charge is 1.89. The zero-order valence-corrected chi connectivity index (χ0v) is 9.10. The van der Waals surface area contributed by atoms with Crippen molar-refractivity contribution in [3.8, 4) is 0 Å². The van der Waals surface area contributed by atoms with Gasteiger partial charge in [0.25, 0.3) is 0 Å². The third-order valence-electron chi connectivity index (χ3n) is 1.34. The lowest BCUT2D eigenvalue weighted by molar-refractivity contribution is 0.321. The van der Waals surface area contributed by atoms with E-state index in [1.54, 1.807) is 0 Å². The van der Waals surface area contributed by atoms with E-state index in [-0.39, 0.29) is 17.0 Å². The van der Waals surface area contributed by atoms with Crippen molar-refractivity contribution in [2.45, 2.75) is 20.8 Å². The largest absolute Gasteiger partial charge is 0.304 e. The molecule has 0 aliphatic heterocycles. The molecule has 0 saturated heterocycles. The Labute approximate surface area is 75.9 Å². The van der Waals surface area contributed by atoms with E-state index < -0.39 is 0 Å². The first-order valence-electron chi connectivity index (χ1n) is 3.57. The van der Waals surface area contributed by atoms with E-state index in [0.29, 0.717) is 0 Å². The molecule has 64 valence electrons. The molecular formula is C8H20BrN.